The van der Waals surface area contributed by atoms with Crippen LogP contribution < -0.4 is 0 Å². The summed E-state index contributed by atoms with van der Waals surface area (Å²) >= 11 is 0. The standard InChI is InChI=1S/C8H15NO3S/c1-4-6-9(5-2)13(11,12)8(3)7-10/h1,8,10H,5-7H2,2-3H3. The molecule has 0 bridgehead atoms. The highest BCUT2D eigenvalue weighted by atomic mass is 32.2. The number of terminal acetylenes is 1. The molecule has 0 radical (unpaired) electrons. The van der Waals surface area contributed by atoms with Crippen LogP contribution >= 0.6 is 0 Å². The molecule has 5 heteroatoms. The molecule has 0 saturated carbocycles. The molecule has 0 aliphatic rings. The van der Waals surface area contributed by atoms with Crippen LogP contribution in [-0.4, -0.2) is 42.8 Å². The van der Waals surface area contributed by atoms with Gasteiger partial charge in [-0.1, -0.05) is 12.8 Å². The van der Waals surface area contributed by atoms with Crippen LogP contribution in [0.2, 0.25) is 0 Å². The molecule has 13 heavy (non-hydrogen) atoms. The van der Waals surface area contributed by atoms with E-state index in [1.807, 2.05) is 0 Å². The van der Waals surface area contributed by atoms with E-state index in [4.69, 9.17) is 11.5 Å². The van der Waals surface area contributed by atoms with Crippen LogP contribution in [0.25, 0.3) is 0 Å². The molecule has 76 valence electrons. The highest BCUT2D eigenvalue weighted by Crippen LogP contribution is 2.07. The molecule has 0 spiro atoms. The van der Waals surface area contributed by atoms with Crippen LogP contribution in [0.3, 0.4) is 0 Å². The Morgan fingerprint density at radius 3 is 2.46 bits per heavy atom. The maximum absolute atomic E-state index is 11.6. The van der Waals surface area contributed by atoms with Crippen molar-refractivity contribution in [1.82, 2.24) is 4.31 Å². The average Bonchev–Trinajstić information content (AvgIpc) is 2.12. The smallest absolute Gasteiger partial charge is 0.219 e. The van der Waals surface area contributed by atoms with Crippen molar-refractivity contribution in [2.45, 2.75) is 19.1 Å². The molecule has 0 aromatic rings. The Kier molecular flexibility index (Phi) is 4.99. The van der Waals surface area contributed by atoms with Gasteiger partial charge in [0.25, 0.3) is 0 Å². The van der Waals surface area contributed by atoms with Crippen molar-refractivity contribution in [3.8, 4) is 12.3 Å². The van der Waals surface area contributed by atoms with Crippen LogP contribution in [-0.2, 0) is 10.0 Å². The lowest BCUT2D eigenvalue weighted by atomic mass is 10.5. The van der Waals surface area contributed by atoms with Crippen LogP contribution in [0.15, 0.2) is 0 Å². The predicted molar refractivity (Wildman–Crippen MR) is 51.5 cm³/mol. The predicted octanol–water partition coefficient (Wildman–Crippen LogP) is -0.348. The number of hydrogen-bond acceptors (Lipinski definition) is 3. The lowest BCUT2D eigenvalue weighted by Gasteiger charge is -2.21. The van der Waals surface area contributed by atoms with Crippen molar-refractivity contribution in [3.05, 3.63) is 0 Å². The zero-order valence-corrected chi connectivity index (χ0v) is 8.71. The van der Waals surface area contributed by atoms with Gasteiger partial charge < -0.3 is 5.11 Å². The summed E-state index contributed by atoms with van der Waals surface area (Å²) in [5, 5.41) is 7.93. The quantitative estimate of drug-likeness (QED) is 0.624. The summed E-state index contributed by atoms with van der Waals surface area (Å²) in [5.41, 5.74) is 0. The highest BCUT2D eigenvalue weighted by Gasteiger charge is 2.26. The Morgan fingerprint density at radius 1 is 1.62 bits per heavy atom. The third kappa shape index (κ3) is 2.99. The maximum atomic E-state index is 11.6. The molecule has 0 aliphatic heterocycles. The van der Waals surface area contributed by atoms with Gasteiger partial charge in [-0.15, -0.1) is 6.42 Å². The molecule has 4 nitrogen and oxygen atoms in total. The van der Waals surface area contributed by atoms with E-state index in [0.717, 1.165) is 0 Å². The van der Waals surface area contributed by atoms with Gasteiger partial charge in [0.2, 0.25) is 10.0 Å². The first-order chi connectivity index (χ1) is 6.00. The second kappa shape index (κ2) is 5.22. The summed E-state index contributed by atoms with van der Waals surface area (Å²) in [6.07, 6.45) is 5.02. The topological polar surface area (TPSA) is 57.6 Å². The van der Waals surface area contributed by atoms with Crippen LogP contribution in [0.5, 0.6) is 0 Å². The molecule has 0 fully saturated rings. The molecule has 0 aliphatic carbocycles. The van der Waals surface area contributed by atoms with Crippen LogP contribution in [0, 0.1) is 12.3 Å². The number of aliphatic hydroxyl groups is 1. The van der Waals surface area contributed by atoms with E-state index in [1.54, 1.807) is 6.92 Å². The van der Waals surface area contributed by atoms with E-state index in [9.17, 15) is 8.42 Å². The largest absolute Gasteiger partial charge is 0.395 e. The lowest BCUT2D eigenvalue weighted by Crippen LogP contribution is -2.39. The van der Waals surface area contributed by atoms with E-state index in [1.165, 1.54) is 11.2 Å². The van der Waals surface area contributed by atoms with Crippen LogP contribution in [0.1, 0.15) is 13.8 Å². The van der Waals surface area contributed by atoms with E-state index >= 15 is 0 Å². The van der Waals surface area contributed by atoms with Gasteiger partial charge in [0.05, 0.1) is 18.4 Å². The molecule has 1 unspecified atom stereocenters. The summed E-state index contributed by atoms with van der Waals surface area (Å²) in [5.74, 6) is 2.27. The van der Waals surface area contributed by atoms with E-state index in [-0.39, 0.29) is 13.2 Å². The van der Waals surface area contributed by atoms with Crippen LogP contribution in [0.4, 0.5) is 0 Å². The first kappa shape index (κ1) is 12.4. The van der Waals surface area contributed by atoms with E-state index in [2.05, 4.69) is 5.92 Å². The fraction of sp³-hybridized carbons (Fsp3) is 0.750. The highest BCUT2D eigenvalue weighted by molar-refractivity contribution is 7.89. The van der Waals surface area contributed by atoms with Gasteiger partial charge >= 0.3 is 0 Å². The van der Waals surface area contributed by atoms with Gasteiger partial charge in [0.15, 0.2) is 0 Å². The number of hydrogen-bond donors (Lipinski definition) is 1. The fourth-order valence-electron chi connectivity index (χ4n) is 0.832. The number of rotatable bonds is 5. The molecule has 0 rings (SSSR count). The second-order valence-corrected chi connectivity index (χ2v) is 5.02. The summed E-state index contributed by atoms with van der Waals surface area (Å²) in [6.45, 7) is 3.16. The van der Waals surface area contributed by atoms with Crippen molar-refractivity contribution in [2.75, 3.05) is 19.7 Å². The van der Waals surface area contributed by atoms with Crippen molar-refractivity contribution in [1.29, 1.82) is 0 Å². The van der Waals surface area contributed by atoms with Crippen molar-refractivity contribution < 1.29 is 13.5 Å². The molecular formula is C8H15NO3S. The summed E-state index contributed by atoms with van der Waals surface area (Å²) < 4.78 is 24.3. The zero-order valence-electron chi connectivity index (χ0n) is 7.90. The molecule has 1 atom stereocenters. The van der Waals surface area contributed by atoms with Gasteiger partial charge in [-0.3, -0.25) is 0 Å². The van der Waals surface area contributed by atoms with Gasteiger partial charge in [0.1, 0.15) is 0 Å². The molecule has 0 aromatic carbocycles. The number of sulfonamides is 1. The average molecular weight is 205 g/mol. The fourth-order valence-corrected chi connectivity index (χ4v) is 2.14. The van der Waals surface area contributed by atoms with Crippen molar-refractivity contribution in [3.63, 3.8) is 0 Å². The summed E-state index contributed by atoms with van der Waals surface area (Å²) in [6, 6.07) is 0. The molecular weight excluding hydrogens is 190 g/mol. The molecule has 0 heterocycles. The molecule has 0 amide bonds. The Labute approximate surface area is 79.6 Å². The van der Waals surface area contributed by atoms with Gasteiger partial charge in [-0.05, 0) is 6.92 Å². The molecule has 0 aromatic heterocycles. The lowest BCUT2D eigenvalue weighted by molar-refractivity contribution is 0.290. The Hall–Kier alpha value is -0.570. The van der Waals surface area contributed by atoms with Gasteiger partial charge in [-0.2, -0.15) is 4.31 Å². The Bertz CT molecular complexity index is 278. The van der Waals surface area contributed by atoms with Gasteiger partial charge in [0, 0.05) is 6.54 Å². The maximum Gasteiger partial charge on any atom is 0.219 e. The monoisotopic (exact) mass is 205 g/mol. The summed E-state index contributed by atoms with van der Waals surface area (Å²) in [4.78, 5) is 0. The first-order valence-corrected chi connectivity index (χ1v) is 5.54. The third-order valence-electron chi connectivity index (χ3n) is 1.75. The Morgan fingerprint density at radius 2 is 2.15 bits per heavy atom. The minimum Gasteiger partial charge on any atom is -0.395 e. The normalized spacial score (nSPS) is 14.1. The number of aliphatic hydroxyl groups excluding tert-OH is 1. The third-order valence-corrected chi connectivity index (χ3v) is 4.02. The minimum absolute atomic E-state index is 0.0587. The zero-order chi connectivity index (χ0) is 10.5. The van der Waals surface area contributed by atoms with Gasteiger partial charge in [-0.25, -0.2) is 8.42 Å². The summed E-state index contributed by atoms with van der Waals surface area (Å²) in [7, 11) is -3.42. The Balaban J connectivity index is 4.70. The van der Waals surface area contributed by atoms with E-state index < -0.39 is 15.3 Å². The number of nitrogens with zero attached hydrogens (tertiary/aromatic N) is 1. The van der Waals surface area contributed by atoms with Crippen molar-refractivity contribution >= 4 is 10.0 Å². The minimum atomic E-state index is -3.42. The molecule has 1 N–H and O–H groups in total. The molecule has 0 saturated heterocycles. The van der Waals surface area contributed by atoms with Crippen molar-refractivity contribution in [2.24, 2.45) is 0 Å². The second-order valence-electron chi connectivity index (χ2n) is 2.67. The van der Waals surface area contributed by atoms with E-state index in [0.29, 0.717) is 6.54 Å². The first-order valence-electron chi connectivity index (χ1n) is 4.04. The SMILES string of the molecule is C#CCN(CC)S(=O)(=O)C(C)CO.